The second-order valence-corrected chi connectivity index (χ2v) is 2.36. The van der Waals surface area contributed by atoms with Crippen LogP contribution < -0.4 is 5.43 Å². The first-order chi connectivity index (χ1) is 4.34. The van der Waals surface area contributed by atoms with E-state index in [9.17, 15) is 0 Å². The molecule has 0 atom stereocenters. The molecule has 0 spiro atoms. The van der Waals surface area contributed by atoms with E-state index in [1.54, 1.807) is 4.42 Å². The molecule has 0 saturated heterocycles. The number of hydrazone groups is 1. The first-order valence-electron chi connectivity index (χ1n) is 3.07. The van der Waals surface area contributed by atoms with Gasteiger partial charge in [0.05, 0.1) is 0 Å². The van der Waals surface area contributed by atoms with Crippen molar-refractivity contribution >= 4 is 17.6 Å². The van der Waals surface area contributed by atoms with Crippen molar-refractivity contribution in [2.45, 2.75) is 19.8 Å². The highest BCUT2D eigenvalue weighted by Gasteiger charge is 2.11. The van der Waals surface area contributed by atoms with Gasteiger partial charge in [-0.15, -0.1) is 0 Å². The van der Waals surface area contributed by atoms with Gasteiger partial charge in [-0.25, -0.2) is 4.42 Å². The molecule has 52 valence electrons. The standard InChI is InChI=1S/C5H10ClN3/c1-2-3-5-8-7-4-9(5)6/h7H,2-4H2,1H3. The molecule has 0 aromatic heterocycles. The van der Waals surface area contributed by atoms with E-state index in [0.717, 1.165) is 18.7 Å². The molecule has 0 aromatic carbocycles. The third-order valence-electron chi connectivity index (χ3n) is 1.17. The first-order valence-corrected chi connectivity index (χ1v) is 3.41. The Morgan fingerprint density at radius 2 is 2.67 bits per heavy atom. The predicted molar refractivity (Wildman–Crippen MR) is 38.0 cm³/mol. The third-order valence-corrected chi connectivity index (χ3v) is 1.49. The molecule has 4 heteroatoms. The van der Waals surface area contributed by atoms with Gasteiger partial charge in [-0.3, -0.25) is 5.43 Å². The second kappa shape index (κ2) is 2.92. The lowest BCUT2D eigenvalue weighted by Crippen LogP contribution is -2.18. The summed E-state index contributed by atoms with van der Waals surface area (Å²) in [5.74, 6) is 0.944. The van der Waals surface area contributed by atoms with Crippen molar-refractivity contribution in [3.8, 4) is 0 Å². The lowest BCUT2D eigenvalue weighted by molar-refractivity contribution is 0.621. The van der Waals surface area contributed by atoms with Crippen LogP contribution in [0.2, 0.25) is 0 Å². The Morgan fingerprint density at radius 1 is 1.89 bits per heavy atom. The van der Waals surface area contributed by atoms with E-state index in [-0.39, 0.29) is 0 Å². The van der Waals surface area contributed by atoms with Crippen LogP contribution in [-0.4, -0.2) is 16.9 Å². The van der Waals surface area contributed by atoms with Crippen LogP contribution in [-0.2, 0) is 0 Å². The van der Waals surface area contributed by atoms with Crippen LogP contribution >= 0.6 is 11.8 Å². The average Bonchev–Trinajstić information content (AvgIpc) is 2.18. The van der Waals surface area contributed by atoms with E-state index in [1.807, 2.05) is 0 Å². The number of hydrogen-bond donors (Lipinski definition) is 1. The van der Waals surface area contributed by atoms with Gasteiger partial charge in [0.25, 0.3) is 0 Å². The van der Waals surface area contributed by atoms with Gasteiger partial charge in [-0.1, -0.05) is 6.92 Å². The normalized spacial score (nSPS) is 17.6. The van der Waals surface area contributed by atoms with Crippen molar-refractivity contribution in [3.63, 3.8) is 0 Å². The second-order valence-electron chi connectivity index (χ2n) is 1.96. The number of hydrogen-bond acceptors (Lipinski definition) is 3. The van der Waals surface area contributed by atoms with Gasteiger partial charge in [0, 0.05) is 18.2 Å². The SMILES string of the molecule is CCCC1=NNCN1Cl. The molecule has 1 rings (SSSR count). The smallest absolute Gasteiger partial charge is 0.140 e. The van der Waals surface area contributed by atoms with Crippen molar-refractivity contribution in [3.05, 3.63) is 0 Å². The topological polar surface area (TPSA) is 27.6 Å². The zero-order valence-electron chi connectivity index (χ0n) is 5.39. The maximum absolute atomic E-state index is 5.70. The Labute approximate surface area is 59.8 Å². The van der Waals surface area contributed by atoms with Crippen molar-refractivity contribution < 1.29 is 0 Å². The van der Waals surface area contributed by atoms with Crippen LogP contribution in [0.25, 0.3) is 0 Å². The Hall–Kier alpha value is -0.440. The Morgan fingerprint density at radius 3 is 3.11 bits per heavy atom. The summed E-state index contributed by atoms with van der Waals surface area (Å²) in [6, 6.07) is 0. The summed E-state index contributed by atoms with van der Waals surface area (Å²) in [4.78, 5) is 0. The van der Waals surface area contributed by atoms with Gasteiger partial charge in [0.15, 0.2) is 0 Å². The fourth-order valence-electron chi connectivity index (χ4n) is 0.735. The Bertz CT molecular complexity index is 123. The molecule has 0 fully saturated rings. The monoisotopic (exact) mass is 147 g/mol. The number of halogens is 1. The quantitative estimate of drug-likeness (QED) is 0.593. The molecule has 1 N–H and O–H groups in total. The third kappa shape index (κ3) is 1.48. The van der Waals surface area contributed by atoms with Crippen molar-refractivity contribution in [1.82, 2.24) is 9.84 Å². The lowest BCUT2D eigenvalue weighted by Gasteiger charge is -2.05. The maximum Gasteiger partial charge on any atom is 0.140 e. The molecule has 0 saturated carbocycles. The highest BCUT2D eigenvalue weighted by Crippen LogP contribution is 2.05. The average molecular weight is 148 g/mol. The van der Waals surface area contributed by atoms with Crippen LogP contribution in [0.15, 0.2) is 5.10 Å². The van der Waals surface area contributed by atoms with Crippen molar-refractivity contribution in [1.29, 1.82) is 0 Å². The zero-order valence-corrected chi connectivity index (χ0v) is 6.15. The van der Waals surface area contributed by atoms with Crippen LogP contribution in [0.5, 0.6) is 0 Å². The van der Waals surface area contributed by atoms with Gasteiger partial charge in [0.2, 0.25) is 0 Å². The van der Waals surface area contributed by atoms with E-state index in [0.29, 0.717) is 6.67 Å². The molecule has 0 bridgehead atoms. The van der Waals surface area contributed by atoms with Gasteiger partial charge < -0.3 is 0 Å². The van der Waals surface area contributed by atoms with Crippen LogP contribution in [0.3, 0.4) is 0 Å². The molecular weight excluding hydrogens is 138 g/mol. The minimum atomic E-state index is 0.636. The summed E-state index contributed by atoms with van der Waals surface area (Å²) in [5.41, 5.74) is 2.79. The molecular formula is C5H10ClN3. The molecule has 1 aliphatic heterocycles. The highest BCUT2D eigenvalue weighted by atomic mass is 35.5. The number of nitrogens with zero attached hydrogens (tertiary/aromatic N) is 2. The molecule has 0 radical (unpaired) electrons. The van der Waals surface area contributed by atoms with E-state index >= 15 is 0 Å². The zero-order chi connectivity index (χ0) is 6.69. The number of amidine groups is 1. The van der Waals surface area contributed by atoms with Gasteiger partial charge in [0.1, 0.15) is 12.5 Å². The Kier molecular flexibility index (Phi) is 2.16. The molecule has 9 heavy (non-hydrogen) atoms. The summed E-state index contributed by atoms with van der Waals surface area (Å²) < 4.78 is 1.60. The largest absolute Gasteiger partial charge is 0.287 e. The maximum atomic E-state index is 5.70. The van der Waals surface area contributed by atoms with Crippen molar-refractivity contribution in [2.75, 3.05) is 6.67 Å². The molecule has 0 aromatic rings. The van der Waals surface area contributed by atoms with Crippen LogP contribution in [0.4, 0.5) is 0 Å². The summed E-state index contributed by atoms with van der Waals surface area (Å²) in [6.45, 7) is 2.74. The predicted octanol–water partition coefficient (Wildman–Crippen LogP) is 1.12. The van der Waals surface area contributed by atoms with E-state index in [2.05, 4.69) is 17.5 Å². The van der Waals surface area contributed by atoms with E-state index < -0.39 is 0 Å². The molecule has 3 nitrogen and oxygen atoms in total. The molecule has 0 amide bonds. The minimum Gasteiger partial charge on any atom is -0.287 e. The fraction of sp³-hybridized carbons (Fsp3) is 0.800. The fourth-order valence-corrected chi connectivity index (χ4v) is 0.911. The van der Waals surface area contributed by atoms with Gasteiger partial charge in [-0.05, 0) is 6.42 Å². The summed E-state index contributed by atoms with van der Waals surface area (Å²) >= 11 is 5.70. The molecule has 1 aliphatic rings. The highest BCUT2D eigenvalue weighted by molar-refractivity contribution is 6.22. The molecule has 0 aliphatic carbocycles. The summed E-state index contributed by atoms with van der Waals surface area (Å²) in [7, 11) is 0. The number of rotatable bonds is 2. The lowest BCUT2D eigenvalue weighted by atomic mass is 10.3. The minimum absolute atomic E-state index is 0.636. The summed E-state index contributed by atoms with van der Waals surface area (Å²) in [6.07, 6.45) is 2.04. The number of nitrogens with one attached hydrogen (secondary N) is 1. The van der Waals surface area contributed by atoms with E-state index in [1.165, 1.54) is 0 Å². The van der Waals surface area contributed by atoms with Crippen LogP contribution in [0, 0.1) is 0 Å². The molecule has 1 heterocycles. The van der Waals surface area contributed by atoms with Crippen molar-refractivity contribution in [2.24, 2.45) is 5.10 Å². The molecule has 0 unspecified atom stereocenters. The first kappa shape index (κ1) is 6.68. The summed E-state index contributed by atoms with van der Waals surface area (Å²) in [5, 5.41) is 3.97. The Balaban J connectivity index is 2.38. The van der Waals surface area contributed by atoms with Crippen LogP contribution in [0.1, 0.15) is 19.8 Å². The van der Waals surface area contributed by atoms with E-state index in [4.69, 9.17) is 11.8 Å². The van der Waals surface area contributed by atoms with Gasteiger partial charge in [-0.2, -0.15) is 5.10 Å². The van der Waals surface area contributed by atoms with Gasteiger partial charge >= 0.3 is 0 Å².